The molecule has 0 N–H and O–H groups in total. The molecule has 2 bridgehead atoms. The highest BCUT2D eigenvalue weighted by Crippen LogP contribution is 2.31. The molecule has 23 heavy (non-hydrogen) atoms. The molecule has 122 valence electrons. The number of piperidine rings is 1. The van der Waals surface area contributed by atoms with E-state index in [2.05, 4.69) is 26.7 Å². The van der Waals surface area contributed by atoms with Crippen LogP contribution in [0, 0.1) is 12.8 Å². The van der Waals surface area contributed by atoms with Gasteiger partial charge < -0.3 is 4.90 Å². The first-order valence-corrected chi connectivity index (χ1v) is 9.82. The fourth-order valence-electron chi connectivity index (χ4n) is 3.64. The number of fused-ring (bicyclic) bond motifs is 4. The van der Waals surface area contributed by atoms with Crippen LogP contribution >= 0.6 is 22.7 Å². The molecule has 7 heteroatoms. The van der Waals surface area contributed by atoms with Gasteiger partial charge in [0.2, 0.25) is 5.91 Å². The Labute approximate surface area is 144 Å². The van der Waals surface area contributed by atoms with Gasteiger partial charge in [-0.15, -0.1) is 22.7 Å². The number of hydrogen-bond acceptors (Lipinski definition) is 6. The third kappa shape index (κ3) is 3.05. The molecule has 1 amide bonds. The maximum absolute atomic E-state index is 12.8. The summed E-state index contributed by atoms with van der Waals surface area (Å²) in [7, 11) is 0. The molecule has 3 saturated heterocycles. The first-order valence-electron chi connectivity index (χ1n) is 7.99. The molecule has 5 heterocycles. The monoisotopic (exact) mass is 348 g/mol. The van der Waals surface area contributed by atoms with Gasteiger partial charge in [0.05, 0.1) is 34.9 Å². The van der Waals surface area contributed by atoms with Gasteiger partial charge in [0.15, 0.2) is 0 Å². The molecular formula is C16H20N4OS2. The Morgan fingerprint density at radius 2 is 2.13 bits per heavy atom. The topological polar surface area (TPSA) is 49.3 Å². The van der Waals surface area contributed by atoms with E-state index in [0.29, 0.717) is 18.5 Å². The van der Waals surface area contributed by atoms with E-state index < -0.39 is 0 Å². The van der Waals surface area contributed by atoms with Crippen LogP contribution in [-0.4, -0.2) is 44.8 Å². The van der Waals surface area contributed by atoms with Crippen molar-refractivity contribution in [3.05, 3.63) is 32.7 Å². The molecule has 3 aliphatic heterocycles. The van der Waals surface area contributed by atoms with Crippen molar-refractivity contribution in [2.45, 2.75) is 38.9 Å². The van der Waals surface area contributed by atoms with Gasteiger partial charge in [-0.2, -0.15) is 0 Å². The summed E-state index contributed by atoms with van der Waals surface area (Å²) in [6.07, 6.45) is 2.13. The van der Waals surface area contributed by atoms with Gasteiger partial charge in [-0.3, -0.25) is 9.69 Å². The third-order valence-corrected chi connectivity index (χ3v) is 6.45. The number of aryl methyl sites for hydroxylation is 1. The zero-order valence-corrected chi connectivity index (χ0v) is 14.8. The predicted molar refractivity (Wildman–Crippen MR) is 91.3 cm³/mol. The van der Waals surface area contributed by atoms with E-state index in [1.807, 2.05) is 16.4 Å². The summed E-state index contributed by atoms with van der Waals surface area (Å²) < 4.78 is 0. The zero-order chi connectivity index (χ0) is 15.8. The maximum Gasteiger partial charge on any atom is 0.227 e. The van der Waals surface area contributed by atoms with Gasteiger partial charge in [-0.1, -0.05) is 0 Å². The number of carbonyl (C=O) groups is 1. The SMILES string of the molecule is Cc1ncsc1CN1C[C@@H]2CC[C@H](C1)N(Cc1cscn1)C2=O. The third-order valence-electron chi connectivity index (χ3n) is 4.90. The van der Waals surface area contributed by atoms with Gasteiger partial charge in [0.25, 0.3) is 0 Å². The smallest absolute Gasteiger partial charge is 0.227 e. The second kappa shape index (κ2) is 6.30. The van der Waals surface area contributed by atoms with E-state index >= 15 is 0 Å². The Bertz CT molecular complexity index is 684. The highest BCUT2D eigenvalue weighted by Gasteiger charge is 2.40. The minimum Gasteiger partial charge on any atom is -0.332 e. The Morgan fingerprint density at radius 3 is 2.87 bits per heavy atom. The van der Waals surface area contributed by atoms with Crippen molar-refractivity contribution < 1.29 is 4.79 Å². The molecular weight excluding hydrogens is 328 g/mol. The molecule has 3 fully saturated rings. The first kappa shape index (κ1) is 15.2. The lowest BCUT2D eigenvalue weighted by atomic mass is 9.94. The van der Waals surface area contributed by atoms with E-state index in [0.717, 1.165) is 43.9 Å². The van der Waals surface area contributed by atoms with Crippen LogP contribution in [0.1, 0.15) is 29.1 Å². The van der Waals surface area contributed by atoms with Crippen LogP contribution in [-0.2, 0) is 17.9 Å². The summed E-state index contributed by atoms with van der Waals surface area (Å²) in [5, 5.41) is 2.05. The fraction of sp³-hybridized carbons (Fsp3) is 0.562. The van der Waals surface area contributed by atoms with Crippen molar-refractivity contribution in [2.24, 2.45) is 5.92 Å². The van der Waals surface area contributed by atoms with Crippen LogP contribution in [0.5, 0.6) is 0 Å². The Hall–Kier alpha value is -1.31. The van der Waals surface area contributed by atoms with Crippen LogP contribution in [0.25, 0.3) is 0 Å². The van der Waals surface area contributed by atoms with Crippen molar-refractivity contribution in [2.75, 3.05) is 13.1 Å². The van der Waals surface area contributed by atoms with E-state index in [-0.39, 0.29) is 5.92 Å². The number of amides is 1. The van der Waals surface area contributed by atoms with Gasteiger partial charge in [-0.05, 0) is 19.8 Å². The number of carbonyl (C=O) groups excluding carboxylic acids is 1. The lowest BCUT2D eigenvalue weighted by molar-refractivity contribution is -0.140. The van der Waals surface area contributed by atoms with Crippen molar-refractivity contribution in [3.8, 4) is 0 Å². The van der Waals surface area contributed by atoms with Crippen LogP contribution in [0.15, 0.2) is 16.4 Å². The Balaban J connectivity index is 1.51. The van der Waals surface area contributed by atoms with E-state index in [9.17, 15) is 4.79 Å². The normalized spacial score (nSPS) is 25.1. The van der Waals surface area contributed by atoms with Crippen LogP contribution in [0.4, 0.5) is 0 Å². The molecule has 0 saturated carbocycles. The molecule has 0 aromatic carbocycles. The molecule has 0 spiro atoms. The van der Waals surface area contributed by atoms with Crippen molar-refractivity contribution >= 4 is 28.6 Å². The molecule has 3 aliphatic rings. The predicted octanol–water partition coefficient (Wildman–Crippen LogP) is 2.53. The number of nitrogens with zero attached hydrogens (tertiary/aromatic N) is 4. The largest absolute Gasteiger partial charge is 0.332 e. The second-order valence-electron chi connectivity index (χ2n) is 6.43. The summed E-state index contributed by atoms with van der Waals surface area (Å²) in [4.78, 5) is 27.4. The van der Waals surface area contributed by atoms with Crippen molar-refractivity contribution in [1.82, 2.24) is 19.8 Å². The number of aromatic nitrogens is 2. The zero-order valence-electron chi connectivity index (χ0n) is 13.1. The number of hydrogen-bond donors (Lipinski definition) is 0. The number of thiazole rings is 2. The molecule has 0 unspecified atom stereocenters. The maximum atomic E-state index is 12.8. The molecule has 2 aromatic heterocycles. The highest BCUT2D eigenvalue weighted by atomic mass is 32.1. The van der Waals surface area contributed by atoms with Crippen LogP contribution in [0.3, 0.4) is 0 Å². The van der Waals surface area contributed by atoms with Gasteiger partial charge in [0.1, 0.15) is 0 Å². The molecule has 2 aromatic rings. The molecule has 0 radical (unpaired) electrons. The first-order chi connectivity index (χ1) is 11.2. The van der Waals surface area contributed by atoms with Crippen molar-refractivity contribution in [3.63, 3.8) is 0 Å². The van der Waals surface area contributed by atoms with E-state index in [1.54, 1.807) is 22.7 Å². The number of rotatable bonds is 4. The lowest BCUT2D eigenvalue weighted by Gasteiger charge is -2.35. The highest BCUT2D eigenvalue weighted by molar-refractivity contribution is 7.09. The van der Waals surface area contributed by atoms with E-state index in [4.69, 9.17) is 0 Å². The Kier molecular flexibility index (Phi) is 4.17. The molecule has 5 nitrogen and oxygen atoms in total. The molecule has 0 aliphatic carbocycles. The average Bonchev–Trinajstić information content (AvgIpc) is 3.10. The lowest BCUT2D eigenvalue weighted by Crippen LogP contribution is -2.47. The average molecular weight is 348 g/mol. The van der Waals surface area contributed by atoms with Gasteiger partial charge in [-0.25, -0.2) is 9.97 Å². The van der Waals surface area contributed by atoms with Crippen molar-refractivity contribution in [1.29, 1.82) is 0 Å². The summed E-state index contributed by atoms with van der Waals surface area (Å²) in [6, 6.07) is 0.316. The summed E-state index contributed by atoms with van der Waals surface area (Å²) in [5.41, 5.74) is 5.89. The minimum absolute atomic E-state index is 0.139. The fourth-order valence-corrected chi connectivity index (χ4v) is 5.01. The Morgan fingerprint density at radius 1 is 1.22 bits per heavy atom. The summed E-state index contributed by atoms with van der Waals surface area (Å²) >= 11 is 3.31. The van der Waals surface area contributed by atoms with Crippen LogP contribution in [0.2, 0.25) is 0 Å². The van der Waals surface area contributed by atoms with E-state index in [1.165, 1.54) is 4.88 Å². The molecule has 5 rings (SSSR count). The minimum atomic E-state index is 0.139. The standard InChI is InChI=1S/C16H20N4OS2/c1-11-15(23-10-17-11)7-19-4-12-2-3-14(6-19)20(16(12)21)5-13-8-22-9-18-13/h8-10,12,14H,2-7H2,1H3/t12-,14+/m0/s1. The summed E-state index contributed by atoms with van der Waals surface area (Å²) in [5.74, 6) is 0.457. The van der Waals surface area contributed by atoms with Gasteiger partial charge >= 0.3 is 0 Å². The molecule has 2 atom stereocenters. The quantitative estimate of drug-likeness (QED) is 0.852. The van der Waals surface area contributed by atoms with Gasteiger partial charge in [0, 0.05) is 35.9 Å². The van der Waals surface area contributed by atoms with Crippen LogP contribution < -0.4 is 0 Å². The summed E-state index contributed by atoms with van der Waals surface area (Å²) in [6.45, 7) is 5.49. The second-order valence-corrected chi connectivity index (χ2v) is 8.09.